The summed E-state index contributed by atoms with van der Waals surface area (Å²) in [6, 6.07) is 8.87. The van der Waals surface area contributed by atoms with Crippen LogP contribution in [0.3, 0.4) is 0 Å². The molecule has 150 valence electrons. The summed E-state index contributed by atoms with van der Waals surface area (Å²) in [5.41, 5.74) is 6.02. The van der Waals surface area contributed by atoms with Crippen LogP contribution in [0.2, 0.25) is 0 Å². The summed E-state index contributed by atoms with van der Waals surface area (Å²) in [4.78, 5) is 8.89. The minimum Gasteiger partial charge on any atom is -0.369 e. The molecule has 1 N–H and O–H groups in total. The summed E-state index contributed by atoms with van der Waals surface area (Å²) in [5, 5.41) is 13.4. The van der Waals surface area contributed by atoms with E-state index in [0.29, 0.717) is 0 Å². The van der Waals surface area contributed by atoms with Gasteiger partial charge < -0.3 is 10.2 Å². The van der Waals surface area contributed by atoms with Crippen LogP contribution in [0.1, 0.15) is 46.2 Å². The Bertz CT molecular complexity index is 1090. The first-order valence-corrected chi connectivity index (χ1v) is 11.0. The lowest BCUT2D eigenvalue weighted by atomic mass is 9.99. The van der Waals surface area contributed by atoms with Crippen molar-refractivity contribution in [2.75, 3.05) is 31.1 Å². The van der Waals surface area contributed by atoms with Gasteiger partial charge in [-0.25, -0.2) is 0 Å². The van der Waals surface area contributed by atoms with E-state index in [1.54, 1.807) is 11.3 Å². The lowest BCUT2D eigenvalue weighted by Crippen LogP contribution is -2.43. The van der Waals surface area contributed by atoms with Gasteiger partial charge in [-0.2, -0.15) is 0 Å². The lowest BCUT2D eigenvalue weighted by molar-refractivity contribution is 0.589. The molecule has 0 radical (unpaired) electrons. The predicted molar refractivity (Wildman–Crippen MR) is 119 cm³/mol. The maximum absolute atomic E-state index is 5.13. The van der Waals surface area contributed by atoms with Gasteiger partial charge in [-0.3, -0.25) is 9.56 Å². The molecule has 1 fully saturated rings. The van der Waals surface area contributed by atoms with Crippen molar-refractivity contribution < 1.29 is 0 Å². The van der Waals surface area contributed by atoms with Gasteiger partial charge in [0.25, 0.3) is 0 Å². The van der Waals surface area contributed by atoms with E-state index in [4.69, 9.17) is 4.99 Å². The molecule has 2 aliphatic rings. The highest BCUT2D eigenvalue weighted by Crippen LogP contribution is 2.38. The van der Waals surface area contributed by atoms with Gasteiger partial charge >= 0.3 is 0 Å². The van der Waals surface area contributed by atoms with Crippen molar-refractivity contribution in [3.05, 3.63) is 57.5 Å². The molecule has 0 spiro atoms. The van der Waals surface area contributed by atoms with E-state index in [1.165, 1.54) is 26.7 Å². The second kappa shape index (κ2) is 7.07. The lowest BCUT2D eigenvalue weighted by Gasteiger charge is -2.29. The van der Waals surface area contributed by atoms with Crippen LogP contribution < -0.4 is 10.2 Å². The average molecular weight is 407 g/mol. The fourth-order valence-electron chi connectivity index (χ4n) is 4.23. The zero-order valence-electron chi connectivity index (χ0n) is 17.4. The zero-order valence-corrected chi connectivity index (χ0v) is 18.2. The molecule has 0 unspecified atom stereocenters. The van der Waals surface area contributed by atoms with Crippen LogP contribution in [-0.2, 0) is 0 Å². The predicted octanol–water partition coefficient (Wildman–Crippen LogP) is 3.58. The van der Waals surface area contributed by atoms with Crippen LogP contribution in [0.5, 0.6) is 0 Å². The average Bonchev–Trinajstić information content (AvgIpc) is 3.22. The molecular weight excluding hydrogens is 380 g/mol. The van der Waals surface area contributed by atoms with E-state index in [2.05, 4.69) is 70.0 Å². The van der Waals surface area contributed by atoms with E-state index in [-0.39, 0.29) is 6.04 Å². The highest BCUT2D eigenvalue weighted by Gasteiger charge is 2.29. The molecule has 0 aliphatic carbocycles. The summed E-state index contributed by atoms with van der Waals surface area (Å²) in [5.74, 6) is 1.83. The smallest absolute Gasteiger partial charge is 0.162 e. The van der Waals surface area contributed by atoms with Gasteiger partial charge in [-0.05, 0) is 45.4 Å². The number of rotatable bonds is 2. The number of hydrogen-bond acceptors (Lipinski definition) is 6. The van der Waals surface area contributed by atoms with Crippen molar-refractivity contribution in [2.45, 2.75) is 33.7 Å². The normalized spacial score (nSPS) is 18.8. The van der Waals surface area contributed by atoms with Crippen molar-refractivity contribution >= 4 is 22.7 Å². The molecule has 0 saturated carbocycles. The number of aliphatic imine (C=N–C) groups is 1. The van der Waals surface area contributed by atoms with Gasteiger partial charge in [-0.15, -0.1) is 21.5 Å². The summed E-state index contributed by atoms with van der Waals surface area (Å²) in [6.45, 7) is 12.7. The third-order valence-electron chi connectivity index (χ3n) is 5.98. The van der Waals surface area contributed by atoms with Crippen molar-refractivity contribution in [1.29, 1.82) is 0 Å². The molecule has 6 nitrogen and oxygen atoms in total. The van der Waals surface area contributed by atoms with E-state index in [0.717, 1.165) is 49.1 Å². The van der Waals surface area contributed by atoms with Crippen molar-refractivity contribution in [1.82, 2.24) is 20.1 Å². The van der Waals surface area contributed by atoms with Gasteiger partial charge in [0.1, 0.15) is 16.9 Å². The summed E-state index contributed by atoms with van der Waals surface area (Å²) < 4.78 is 2.19. The molecular formula is C22H26N6S. The number of fused-ring (bicyclic) bond motifs is 3. The molecule has 3 aromatic rings. The molecule has 5 rings (SSSR count). The van der Waals surface area contributed by atoms with Gasteiger partial charge in [0.2, 0.25) is 0 Å². The first kappa shape index (κ1) is 18.5. The van der Waals surface area contributed by atoms with Crippen LogP contribution in [0, 0.1) is 20.8 Å². The molecule has 2 aromatic heterocycles. The number of aryl methyl sites for hydroxylation is 2. The first-order chi connectivity index (χ1) is 14.0. The number of hydrogen-bond donors (Lipinski definition) is 1. The highest BCUT2D eigenvalue weighted by atomic mass is 32.1. The van der Waals surface area contributed by atoms with E-state index >= 15 is 0 Å². The largest absolute Gasteiger partial charge is 0.369 e. The quantitative estimate of drug-likeness (QED) is 0.707. The second-order valence-electron chi connectivity index (χ2n) is 7.84. The van der Waals surface area contributed by atoms with Crippen LogP contribution in [0.15, 0.2) is 29.3 Å². The standard InChI is InChI=1S/C22H26N6S/c1-13-15(3)29-22-19(13)20(24-14(2)21-26-25-16(4)28(21)22)17-5-7-18(8-6-17)27-11-9-23-10-12-27/h5-8,14,23H,9-12H2,1-4H3/t14-/m0/s1. The highest BCUT2D eigenvalue weighted by molar-refractivity contribution is 7.15. The van der Waals surface area contributed by atoms with Crippen molar-refractivity contribution in [3.8, 4) is 5.00 Å². The third-order valence-corrected chi connectivity index (χ3v) is 7.17. The molecule has 7 heteroatoms. The maximum Gasteiger partial charge on any atom is 0.162 e. The Kier molecular flexibility index (Phi) is 4.52. The number of anilines is 1. The molecule has 1 saturated heterocycles. The zero-order chi connectivity index (χ0) is 20.1. The molecule has 1 atom stereocenters. The Morgan fingerprint density at radius 3 is 2.48 bits per heavy atom. The van der Waals surface area contributed by atoms with Crippen LogP contribution in [0.25, 0.3) is 5.00 Å². The van der Waals surface area contributed by atoms with Crippen LogP contribution in [-0.4, -0.2) is 46.7 Å². The van der Waals surface area contributed by atoms with Crippen molar-refractivity contribution in [2.24, 2.45) is 4.99 Å². The Morgan fingerprint density at radius 2 is 1.76 bits per heavy atom. The Balaban J connectivity index is 1.62. The fourth-order valence-corrected chi connectivity index (χ4v) is 5.45. The van der Waals surface area contributed by atoms with Gasteiger partial charge in [0.15, 0.2) is 5.82 Å². The Hall–Kier alpha value is -2.51. The fraction of sp³-hybridized carbons (Fsp3) is 0.409. The number of nitrogens with one attached hydrogen (secondary N) is 1. The summed E-state index contributed by atoms with van der Waals surface area (Å²) in [6.07, 6.45) is 0. The number of piperazine rings is 1. The van der Waals surface area contributed by atoms with Crippen molar-refractivity contribution in [3.63, 3.8) is 0 Å². The van der Waals surface area contributed by atoms with Gasteiger partial charge in [-0.1, -0.05) is 12.1 Å². The molecule has 0 bridgehead atoms. The molecule has 29 heavy (non-hydrogen) atoms. The minimum absolute atomic E-state index is 0.0432. The number of nitrogens with zero attached hydrogens (tertiary/aromatic N) is 5. The van der Waals surface area contributed by atoms with Crippen LogP contribution in [0.4, 0.5) is 5.69 Å². The van der Waals surface area contributed by atoms with E-state index in [1.807, 2.05) is 6.92 Å². The number of thiophene rings is 1. The number of benzene rings is 1. The molecule has 1 aromatic carbocycles. The molecule has 2 aliphatic heterocycles. The molecule has 0 amide bonds. The van der Waals surface area contributed by atoms with Gasteiger partial charge in [0, 0.05) is 47.9 Å². The second-order valence-corrected chi connectivity index (χ2v) is 9.05. The topological polar surface area (TPSA) is 58.3 Å². The minimum atomic E-state index is -0.0432. The monoisotopic (exact) mass is 406 g/mol. The maximum atomic E-state index is 5.13. The number of aromatic nitrogens is 3. The van der Waals surface area contributed by atoms with E-state index < -0.39 is 0 Å². The Morgan fingerprint density at radius 1 is 1.03 bits per heavy atom. The summed E-state index contributed by atoms with van der Waals surface area (Å²) in [7, 11) is 0. The SMILES string of the molecule is Cc1sc2c(c1C)C(c1ccc(N3CCNCC3)cc1)=N[C@@H](C)c1nnc(C)n1-2. The van der Waals surface area contributed by atoms with Crippen LogP contribution >= 0.6 is 11.3 Å². The summed E-state index contributed by atoms with van der Waals surface area (Å²) >= 11 is 1.80. The molecule has 4 heterocycles. The first-order valence-electron chi connectivity index (χ1n) is 10.2. The van der Waals surface area contributed by atoms with E-state index in [9.17, 15) is 0 Å². The third kappa shape index (κ3) is 3.00. The Labute approximate surface area is 175 Å². The van der Waals surface area contributed by atoms with Gasteiger partial charge in [0.05, 0.1) is 5.71 Å².